The highest BCUT2D eigenvalue weighted by atomic mass is 19.4. The Balaban J connectivity index is 1.15. The predicted molar refractivity (Wildman–Crippen MR) is 140 cm³/mol. The largest absolute Gasteiger partial charge is 0.453 e. The molecule has 3 fully saturated rings. The van der Waals surface area contributed by atoms with Gasteiger partial charge in [-0.3, -0.25) is 9.69 Å². The van der Waals surface area contributed by atoms with E-state index in [1.807, 2.05) is 37.3 Å². The minimum absolute atomic E-state index is 0.294. The number of nitrogens with zero attached hydrogens (tertiary/aromatic N) is 4. The number of aryl methyl sites for hydroxylation is 1. The monoisotopic (exact) mass is 559 g/mol. The van der Waals surface area contributed by atoms with Crippen molar-refractivity contribution in [2.45, 2.75) is 88.8 Å². The molecule has 4 aliphatic rings. The number of carbonyl (C=O) groups is 2. The Kier molecular flexibility index (Phi) is 6.83. The Morgan fingerprint density at radius 2 is 2.00 bits per heavy atom. The maximum absolute atomic E-state index is 12.8. The number of ether oxygens (including phenoxy) is 1. The van der Waals surface area contributed by atoms with Crippen LogP contribution in [-0.2, 0) is 22.5 Å². The van der Waals surface area contributed by atoms with E-state index in [1.165, 1.54) is 19.2 Å². The molecule has 2 saturated carbocycles. The molecule has 0 bridgehead atoms. The molecular weight excluding hydrogens is 523 g/mol. The van der Waals surface area contributed by atoms with Crippen molar-refractivity contribution in [3.63, 3.8) is 0 Å². The second-order valence-corrected chi connectivity index (χ2v) is 11.8. The van der Waals surface area contributed by atoms with E-state index in [1.54, 1.807) is 4.90 Å². The summed E-state index contributed by atoms with van der Waals surface area (Å²) in [5.41, 5.74) is 3.29. The fourth-order valence-electron chi connectivity index (χ4n) is 8.05. The summed E-state index contributed by atoms with van der Waals surface area (Å²) in [7, 11) is 1.40. The Bertz CT molecular complexity index is 1280. The number of carbonyl (C=O) groups excluding carboxylic acids is 2. The van der Waals surface area contributed by atoms with Crippen LogP contribution in [0.3, 0.4) is 0 Å². The van der Waals surface area contributed by atoms with E-state index in [4.69, 9.17) is 9.72 Å². The standard InChI is InChI=1S/C29H36F3N5O3/c1-18-33-22-17-35(27(39)40-2)12-10-23(22)37(18)20-14-25-28(15-20)11-8-24(28)36(25)13-9-21(19-6-4-3-5-7-19)34-26(38)16-29(30,31)32/h3-7,20-21,24-25H,8-17H2,1-2H3,(H,34,38)/t20?,21-,24?,25?,28?/m0/s1. The predicted octanol–water partition coefficient (Wildman–Crippen LogP) is 4.68. The number of likely N-dealkylation sites (tertiary alicyclic amines) is 1. The van der Waals surface area contributed by atoms with Crippen molar-refractivity contribution in [3.05, 3.63) is 53.1 Å². The van der Waals surface area contributed by atoms with Gasteiger partial charge in [0.2, 0.25) is 5.91 Å². The molecule has 2 aromatic rings. The number of alkyl halides is 3. The van der Waals surface area contributed by atoms with Gasteiger partial charge >= 0.3 is 12.3 Å². The van der Waals surface area contributed by atoms with Crippen LogP contribution < -0.4 is 5.32 Å². The number of imidazole rings is 1. The summed E-state index contributed by atoms with van der Waals surface area (Å²) in [6.07, 6.45) is -0.567. The van der Waals surface area contributed by atoms with E-state index in [-0.39, 0.29) is 6.09 Å². The molecule has 216 valence electrons. The molecule has 5 atom stereocenters. The number of piperidine rings is 1. The average molecular weight is 560 g/mol. The number of amides is 2. The lowest BCUT2D eigenvalue weighted by molar-refractivity contribution is -0.188. The van der Waals surface area contributed by atoms with Crippen molar-refractivity contribution in [2.75, 3.05) is 20.2 Å². The number of hydrogen-bond acceptors (Lipinski definition) is 5. The van der Waals surface area contributed by atoms with Crippen molar-refractivity contribution in [2.24, 2.45) is 5.41 Å². The quantitative estimate of drug-likeness (QED) is 0.533. The molecule has 4 unspecified atom stereocenters. The van der Waals surface area contributed by atoms with Crippen molar-refractivity contribution in [1.82, 2.24) is 24.7 Å². The zero-order valence-corrected chi connectivity index (χ0v) is 22.9. The normalized spacial score (nSPS) is 28.0. The van der Waals surface area contributed by atoms with Crippen LogP contribution in [0.4, 0.5) is 18.0 Å². The molecule has 1 aromatic carbocycles. The first kappa shape index (κ1) is 27.1. The molecule has 6 rings (SSSR count). The molecule has 2 amide bonds. The summed E-state index contributed by atoms with van der Waals surface area (Å²) >= 11 is 0. The van der Waals surface area contributed by atoms with Gasteiger partial charge in [0.05, 0.1) is 25.4 Å². The number of halogens is 3. The van der Waals surface area contributed by atoms with Gasteiger partial charge in [0.15, 0.2) is 0 Å². The van der Waals surface area contributed by atoms with Crippen LogP contribution in [-0.4, -0.2) is 69.8 Å². The van der Waals surface area contributed by atoms with Gasteiger partial charge in [-0.05, 0) is 44.6 Å². The van der Waals surface area contributed by atoms with Gasteiger partial charge in [-0.25, -0.2) is 9.78 Å². The Morgan fingerprint density at radius 1 is 1.23 bits per heavy atom. The SMILES string of the molecule is COC(=O)N1CCc2c(nc(C)n2C2CC3N(CC[C@H](NC(=O)CC(F)(F)F)c4ccccc4)C4CCC43C2)C1. The van der Waals surface area contributed by atoms with E-state index in [0.29, 0.717) is 43.1 Å². The number of hydrogen-bond donors (Lipinski definition) is 1. The first-order valence-corrected chi connectivity index (χ1v) is 14.2. The summed E-state index contributed by atoms with van der Waals surface area (Å²) in [6.45, 7) is 3.85. The summed E-state index contributed by atoms with van der Waals surface area (Å²) in [5, 5.41) is 2.65. The van der Waals surface area contributed by atoms with Crippen molar-refractivity contribution >= 4 is 12.0 Å². The van der Waals surface area contributed by atoms with E-state index >= 15 is 0 Å². The Morgan fingerprint density at radius 3 is 2.67 bits per heavy atom. The van der Waals surface area contributed by atoms with Crippen LogP contribution in [0, 0.1) is 12.3 Å². The molecule has 8 nitrogen and oxygen atoms in total. The van der Waals surface area contributed by atoms with E-state index < -0.39 is 24.5 Å². The summed E-state index contributed by atoms with van der Waals surface area (Å²) in [5.74, 6) is -0.00614. The van der Waals surface area contributed by atoms with Gasteiger partial charge < -0.3 is 19.5 Å². The number of methoxy groups -OCH3 is 1. The van der Waals surface area contributed by atoms with Crippen molar-refractivity contribution in [1.29, 1.82) is 0 Å². The lowest BCUT2D eigenvalue weighted by atomic mass is 9.53. The van der Waals surface area contributed by atoms with Crippen molar-refractivity contribution < 1.29 is 27.5 Å². The molecule has 1 saturated heterocycles. The lowest BCUT2D eigenvalue weighted by Gasteiger charge is -2.68. The summed E-state index contributed by atoms with van der Waals surface area (Å²) < 4.78 is 45.9. The number of aromatic nitrogens is 2. The molecular formula is C29H36F3N5O3. The van der Waals surface area contributed by atoms with Crippen LogP contribution in [0.2, 0.25) is 0 Å². The summed E-state index contributed by atoms with van der Waals surface area (Å²) in [4.78, 5) is 33.3. The highest BCUT2D eigenvalue weighted by Gasteiger charge is 2.69. The number of benzene rings is 1. The zero-order valence-electron chi connectivity index (χ0n) is 22.9. The third-order valence-electron chi connectivity index (χ3n) is 9.72. The Labute approximate surface area is 231 Å². The van der Waals surface area contributed by atoms with Gasteiger partial charge in [0.25, 0.3) is 0 Å². The summed E-state index contributed by atoms with van der Waals surface area (Å²) in [6, 6.07) is 10.1. The van der Waals surface area contributed by atoms with E-state index in [9.17, 15) is 22.8 Å². The van der Waals surface area contributed by atoms with Crippen LogP contribution in [0.25, 0.3) is 0 Å². The van der Waals surface area contributed by atoms with Gasteiger partial charge in [-0.2, -0.15) is 13.2 Å². The van der Waals surface area contributed by atoms with Crippen LogP contribution >= 0.6 is 0 Å². The molecule has 3 heterocycles. The van der Waals surface area contributed by atoms with E-state index in [0.717, 1.165) is 49.3 Å². The van der Waals surface area contributed by atoms with Crippen LogP contribution in [0.15, 0.2) is 30.3 Å². The molecule has 1 aromatic heterocycles. The van der Waals surface area contributed by atoms with E-state index in [2.05, 4.69) is 14.8 Å². The van der Waals surface area contributed by atoms with Gasteiger partial charge in [0.1, 0.15) is 12.2 Å². The first-order valence-electron chi connectivity index (χ1n) is 14.2. The highest BCUT2D eigenvalue weighted by Crippen LogP contribution is 2.67. The van der Waals surface area contributed by atoms with Crippen LogP contribution in [0.5, 0.6) is 0 Å². The lowest BCUT2D eigenvalue weighted by Crippen LogP contribution is -2.74. The maximum atomic E-state index is 12.8. The molecule has 2 aliphatic heterocycles. The zero-order chi connectivity index (χ0) is 28.2. The number of rotatable bonds is 7. The Hall–Kier alpha value is -3.08. The average Bonchev–Trinajstić information content (AvgIpc) is 3.44. The molecule has 1 N–H and O–H groups in total. The van der Waals surface area contributed by atoms with Gasteiger partial charge in [-0.1, -0.05) is 30.3 Å². The third-order valence-corrected chi connectivity index (χ3v) is 9.72. The maximum Gasteiger partial charge on any atom is 0.409 e. The highest BCUT2D eigenvalue weighted by molar-refractivity contribution is 5.77. The number of fused-ring (bicyclic) bond motifs is 1. The van der Waals surface area contributed by atoms with Gasteiger partial charge in [-0.15, -0.1) is 0 Å². The molecule has 40 heavy (non-hydrogen) atoms. The first-order chi connectivity index (χ1) is 19.1. The molecule has 1 spiro atoms. The molecule has 11 heteroatoms. The second kappa shape index (κ2) is 10.1. The van der Waals surface area contributed by atoms with Crippen LogP contribution in [0.1, 0.15) is 73.4 Å². The number of nitrogens with one attached hydrogen (secondary N) is 1. The molecule has 0 radical (unpaired) electrons. The minimum Gasteiger partial charge on any atom is -0.453 e. The smallest absolute Gasteiger partial charge is 0.409 e. The fraction of sp³-hybridized carbons (Fsp3) is 0.621. The minimum atomic E-state index is -4.53. The molecule has 2 aliphatic carbocycles. The topological polar surface area (TPSA) is 79.7 Å². The third kappa shape index (κ3) is 4.65. The van der Waals surface area contributed by atoms with Crippen molar-refractivity contribution in [3.8, 4) is 0 Å². The second-order valence-electron chi connectivity index (χ2n) is 11.8. The fourth-order valence-corrected chi connectivity index (χ4v) is 8.05. The van der Waals surface area contributed by atoms with Gasteiger partial charge in [0, 0.05) is 48.7 Å².